The molecule has 5 heteroatoms. The molecule has 18 heavy (non-hydrogen) atoms. The van der Waals surface area contributed by atoms with Crippen LogP contribution in [0, 0.1) is 6.92 Å². The van der Waals surface area contributed by atoms with Crippen LogP contribution >= 0.6 is 0 Å². The second-order valence-corrected chi connectivity index (χ2v) is 4.04. The van der Waals surface area contributed by atoms with Gasteiger partial charge in [-0.25, -0.2) is 0 Å². The summed E-state index contributed by atoms with van der Waals surface area (Å²) in [6.45, 7) is 4.62. The number of hydrogen-bond acceptors (Lipinski definition) is 4. The van der Waals surface area contributed by atoms with Gasteiger partial charge in [-0.1, -0.05) is 17.7 Å². The molecular formula is C13H20N2O3. The third kappa shape index (κ3) is 5.27. The summed E-state index contributed by atoms with van der Waals surface area (Å²) in [5.74, 6) is -0.142. The van der Waals surface area contributed by atoms with Gasteiger partial charge >= 0.3 is 0 Å². The first-order valence-electron chi connectivity index (χ1n) is 5.87. The lowest BCUT2D eigenvalue weighted by Crippen LogP contribution is -2.38. The Balaban J connectivity index is 2.33. The number of anilines is 1. The summed E-state index contributed by atoms with van der Waals surface area (Å²) in [4.78, 5) is 16.9. The minimum Gasteiger partial charge on any atom is -0.382 e. The SMILES string of the molecule is COCCONC(C)C(=O)Nc1ccc(C)cc1. The summed E-state index contributed by atoms with van der Waals surface area (Å²) in [5.41, 5.74) is 4.59. The van der Waals surface area contributed by atoms with Crippen LogP contribution < -0.4 is 10.8 Å². The topological polar surface area (TPSA) is 59.6 Å². The number of hydroxylamine groups is 1. The molecule has 1 amide bonds. The Morgan fingerprint density at radius 1 is 1.28 bits per heavy atom. The first-order chi connectivity index (χ1) is 8.63. The number of rotatable bonds is 7. The summed E-state index contributed by atoms with van der Waals surface area (Å²) >= 11 is 0. The number of benzene rings is 1. The maximum Gasteiger partial charge on any atom is 0.243 e. The maximum absolute atomic E-state index is 11.8. The summed E-state index contributed by atoms with van der Waals surface area (Å²) in [6, 6.07) is 7.20. The second kappa shape index (κ2) is 7.81. The average Bonchev–Trinajstić information content (AvgIpc) is 2.37. The van der Waals surface area contributed by atoms with Crippen molar-refractivity contribution in [3.05, 3.63) is 29.8 Å². The van der Waals surface area contributed by atoms with Crippen molar-refractivity contribution in [2.75, 3.05) is 25.6 Å². The normalized spacial score (nSPS) is 12.2. The molecule has 0 saturated carbocycles. The van der Waals surface area contributed by atoms with E-state index in [-0.39, 0.29) is 5.91 Å². The van der Waals surface area contributed by atoms with Crippen molar-refractivity contribution in [3.8, 4) is 0 Å². The van der Waals surface area contributed by atoms with Gasteiger partial charge in [0.25, 0.3) is 0 Å². The van der Waals surface area contributed by atoms with Gasteiger partial charge in [-0.3, -0.25) is 9.63 Å². The number of carbonyl (C=O) groups excluding carboxylic acids is 1. The molecule has 0 spiro atoms. The molecule has 1 aromatic rings. The summed E-state index contributed by atoms with van der Waals surface area (Å²) in [6.07, 6.45) is 0. The van der Waals surface area contributed by atoms with Crippen LogP contribution in [0.5, 0.6) is 0 Å². The lowest BCUT2D eigenvalue weighted by atomic mass is 10.2. The smallest absolute Gasteiger partial charge is 0.243 e. The lowest BCUT2D eigenvalue weighted by molar-refractivity contribution is -0.122. The second-order valence-electron chi connectivity index (χ2n) is 4.04. The van der Waals surface area contributed by atoms with Crippen LogP contribution in [0.25, 0.3) is 0 Å². The Morgan fingerprint density at radius 3 is 2.56 bits per heavy atom. The predicted octanol–water partition coefficient (Wildman–Crippen LogP) is 1.49. The Morgan fingerprint density at radius 2 is 1.94 bits per heavy atom. The lowest BCUT2D eigenvalue weighted by Gasteiger charge is -2.13. The van der Waals surface area contributed by atoms with Gasteiger partial charge < -0.3 is 10.1 Å². The van der Waals surface area contributed by atoms with Gasteiger partial charge in [-0.2, -0.15) is 5.48 Å². The van der Waals surface area contributed by atoms with Crippen LogP contribution in [0.4, 0.5) is 5.69 Å². The van der Waals surface area contributed by atoms with E-state index in [1.807, 2.05) is 31.2 Å². The van der Waals surface area contributed by atoms with E-state index in [1.54, 1.807) is 14.0 Å². The standard InChI is InChI=1S/C13H20N2O3/c1-10-4-6-12(7-5-10)14-13(16)11(2)15-18-9-8-17-3/h4-7,11,15H,8-9H2,1-3H3,(H,14,16). The van der Waals surface area contributed by atoms with Gasteiger partial charge in [0.1, 0.15) is 6.04 Å². The van der Waals surface area contributed by atoms with E-state index in [2.05, 4.69) is 10.8 Å². The average molecular weight is 252 g/mol. The zero-order chi connectivity index (χ0) is 13.4. The molecule has 0 aliphatic carbocycles. The molecule has 100 valence electrons. The molecule has 1 atom stereocenters. The Hall–Kier alpha value is -1.43. The molecule has 0 aromatic heterocycles. The molecular weight excluding hydrogens is 232 g/mol. The Kier molecular flexibility index (Phi) is 6.35. The number of ether oxygens (including phenoxy) is 1. The van der Waals surface area contributed by atoms with Gasteiger partial charge in [0.05, 0.1) is 13.2 Å². The van der Waals surface area contributed by atoms with E-state index in [0.717, 1.165) is 11.3 Å². The van der Waals surface area contributed by atoms with Crippen LogP contribution in [0.15, 0.2) is 24.3 Å². The number of aryl methyl sites for hydroxylation is 1. The molecule has 5 nitrogen and oxygen atoms in total. The molecule has 0 aliphatic heterocycles. The highest BCUT2D eigenvalue weighted by atomic mass is 16.7. The van der Waals surface area contributed by atoms with Gasteiger partial charge in [0.2, 0.25) is 5.91 Å². The number of hydrogen-bond donors (Lipinski definition) is 2. The molecule has 0 aliphatic rings. The third-order valence-electron chi connectivity index (χ3n) is 2.36. The summed E-state index contributed by atoms with van der Waals surface area (Å²) in [7, 11) is 1.59. The van der Waals surface area contributed by atoms with E-state index in [0.29, 0.717) is 13.2 Å². The first kappa shape index (κ1) is 14.6. The monoisotopic (exact) mass is 252 g/mol. The Labute approximate surface area is 107 Å². The van der Waals surface area contributed by atoms with Crippen molar-refractivity contribution in [1.29, 1.82) is 0 Å². The van der Waals surface area contributed by atoms with Crippen LogP contribution in [0.1, 0.15) is 12.5 Å². The van der Waals surface area contributed by atoms with Crippen molar-refractivity contribution >= 4 is 11.6 Å². The van der Waals surface area contributed by atoms with E-state index in [9.17, 15) is 4.79 Å². The highest BCUT2D eigenvalue weighted by molar-refractivity contribution is 5.94. The number of amides is 1. The quantitative estimate of drug-likeness (QED) is 0.570. The third-order valence-corrected chi connectivity index (χ3v) is 2.36. The van der Waals surface area contributed by atoms with E-state index in [4.69, 9.17) is 9.57 Å². The largest absolute Gasteiger partial charge is 0.382 e. The molecule has 0 bridgehead atoms. The molecule has 2 N–H and O–H groups in total. The zero-order valence-corrected chi connectivity index (χ0v) is 11.0. The summed E-state index contributed by atoms with van der Waals surface area (Å²) < 4.78 is 4.83. The van der Waals surface area contributed by atoms with E-state index in [1.165, 1.54) is 0 Å². The fourth-order valence-electron chi connectivity index (χ4n) is 1.25. The Bertz CT molecular complexity index is 365. The molecule has 1 rings (SSSR count). The minimum atomic E-state index is -0.428. The van der Waals surface area contributed by atoms with Gasteiger partial charge in [0, 0.05) is 12.8 Å². The fraction of sp³-hybridized carbons (Fsp3) is 0.462. The van der Waals surface area contributed by atoms with Crippen LogP contribution in [-0.2, 0) is 14.4 Å². The molecule has 0 radical (unpaired) electrons. The van der Waals surface area contributed by atoms with Crippen LogP contribution in [0.3, 0.4) is 0 Å². The first-order valence-corrected chi connectivity index (χ1v) is 5.87. The van der Waals surface area contributed by atoms with E-state index < -0.39 is 6.04 Å². The van der Waals surface area contributed by atoms with Gasteiger partial charge in [-0.05, 0) is 26.0 Å². The van der Waals surface area contributed by atoms with Crippen molar-refractivity contribution in [2.24, 2.45) is 0 Å². The van der Waals surface area contributed by atoms with Crippen molar-refractivity contribution in [1.82, 2.24) is 5.48 Å². The zero-order valence-electron chi connectivity index (χ0n) is 11.0. The molecule has 1 aromatic carbocycles. The number of methoxy groups -OCH3 is 1. The van der Waals surface area contributed by atoms with Gasteiger partial charge in [0.15, 0.2) is 0 Å². The highest BCUT2D eigenvalue weighted by Gasteiger charge is 2.12. The molecule has 0 saturated heterocycles. The maximum atomic E-state index is 11.8. The van der Waals surface area contributed by atoms with Crippen molar-refractivity contribution in [3.63, 3.8) is 0 Å². The van der Waals surface area contributed by atoms with Crippen LogP contribution in [-0.4, -0.2) is 32.3 Å². The van der Waals surface area contributed by atoms with Crippen LogP contribution in [0.2, 0.25) is 0 Å². The molecule has 1 unspecified atom stereocenters. The van der Waals surface area contributed by atoms with Crippen molar-refractivity contribution in [2.45, 2.75) is 19.9 Å². The highest BCUT2D eigenvalue weighted by Crippen LogP contribution is 2.08. The molecule has 0 fully saturated rings. The predicted molar refractivity (Wildman–Crippen MR) is 70.2 cm³/mol. The fourth-order valence-corrected chi connectivity index (χ4v) is 1.25. The van der Waals surface area contributed by atoms with Crippen molar-refractivity contribution < 1.29 is 14.4 Å². The molecule has 0 heterocycles. The number of carbonyl (C=O) groups is 1. The van der Waals surface area contributed by atoms with E-state index >= 15 is 0 Å². The van der Waals surface area contributed by atoms with Gasteiger partial charge in [-0.15, -0.1) is 0 Å². The number of nitrogens with one attached hydrogen (secondary N) is 2. The minimum absolute atomic E-state index is 0.142. The summed E-state index contributed by atoms with van der Waals surface area (Å²) in [5, 5.41) is 2.80.